The molecule has 148 valence electrons. The molecule has 0 aliphatic heterocycles. The average molecular weight is 493 g/mol. The zero-order valence-electron chi connectivity index (χ0n) is 14.9. The molecule has 1 heterocycles. The molecular weight excluding hydrogens is 470 g/mol. The highest BCUT2D eigenvalue weighted by atomic mass is 127. The van der Waals surface area contributed by atoms with E-state index < -0.39 is 11.7 Å². The molecule has 0 amide bonds. The summed E-state index contributed by atoms with van der Waals surface area (Å²) in [6.07, 6.45) is -3.10. The zero-order chi connectivity index (χ0) is 18.8. The second-order valence-corrected chi connectivity index (χ2v) is 5.43. The van der Waals surface area contributed by atoms with Crippen LogP contribution in [0.15, 0.2) is 53.7 Å². The summed E-state index contributed by atoms with van der Waals surface area (Å²) in [5.41, 5.74) is 0.302. The van der Waals surface area contributed by atoms with Gasteiger partial charge in [0.25, 0.3) is 0 Å². The minimum absolute atomic E-state index is 0. The van der Waals surface area contributed by atoms with Crippen LogP contribution in [0, 0.1) is 0 Å². The van der Waals surface area contributed by atoms with Crippen molar-refractivity contribution in [2.45, 2.75) is 19.6 Å². The highest BCUT2D eigenvalue weighted by Gasteiger charge is 2.33. The molecule has 0 saturated heterocycles. The molecule has 0 fully saturated rings. The molecule has 5 nitrogen and oxygen atoms in total. The number of pyridine rings is 1. The number of hydrogen-bond donors (Lipinski definition) is 3. The molecular formula is C18H23F3IN5. The summed E-state index contributed by atoms with van der Waals surface area (Å²) >= 11 is 0. The zero-order valence-corrected chi connectivity index (χ0v) is 17.2. The Morgan fingerprint density at radius 1 is 1.04 bits per heavy atom. The summed E-state index contributed by atoms with van der Waals surface area (Å²) in [6, 6.07) is 12.1. The van der Waals surface area contributed by atoms with Gasteiger partial charge in [-0.2, -0.15) is 13.2 Å². The van der Waals surface area contributed by atoms with E-state index in [4.69, 9.17) is 0 Å². The molecule has 0 aliphatic rings. The van der Waals surface area contributed by atoms with Gasteiger partial charge in [-0.05, 0) is 24.6 Å². The second kappa shape index (κ2) is 11.6. The molecule has 0 radical (unpaired) electrons. The Morgan fingerprint density at radius 2 is 1.78 bits per heavy atom. The van der Waals surface area contributed by atoms with Crippen LogP contribution in [-0.2, 0) is 12.7 Å². The van der Waals surface area contributed by atoms with Gasteiger partial charge in [0.05, 0.1) is 12.1 Å². The van der Waals surface area contributed by atoms with Crippen LogP contribution >= 0.6 is 24.0 Å². The van der Waals surface area contributed by atoms with Crippen molar-refractivity contribution in [3.63, 3.8) is 0 Å². The summed E-state index contributed by atoms with van der Waals surface area (Å²) < 4.78 is 38.8. The molecule has 0 saturated carbocycles. The van der Waals surface area contributed by atoms with Crippen LogP contribution in [0.25, 0.3) is 0 Å². The van der Waals surface area contributed by atoms with Crippen molar-refractivity contribution in [1.82, 2.24) is 15.6 Å². The van der Waals surface area contributed by atoms with Gasteiger partial charge in [-0.25, -0.2) is 9.98 Å². The van der Waals surface area contributed by atoms with E-state index in [9.17, 15) is 13.2 Å². The molecule has 9 heteroatoms. The van der Waals surface area contributed by atoms with Crippen LogP contribution in [0.1, 0.15) is 18.1 Å². The Morgan fingerprint density at radius 3 is 2.44 bits per heavy atom. The number of benzene rings is 1. The van der Waals surface area contributed by atoms with E-state index in [1.54, 1.807) is 0 Å². The van der Waals surface area contributed by atoms with Crippen molar-refractivity contribution in [3.05, 3.63) is 59.8 Å². The van der Waals surface area contributed by atoms with Crippen LogP contribution in [0.5, 0.6) is 0 Å². The lowest BCUT2D eigenvalue weighted by molar-refractivity contribution is -0.137. The number of anilines is 1. The van der Waals surface area contributed by atoms with Gasteiger partial charge in [0, 0.05) is 25.8 Å². The number of nitrogens with one attached hydrogen (secondary N) is 3. The first-order valence-corrected chi connectivity index (χ1v) is 8.33. The predicted octanol–water partition coefficient (Wildman–Crippen LogP) is 3.89. The molecule has 0 spiro atoms. The lowest BCUT2D eigenvalue weighted by atomic mass is 10.2. The predicted molar refractivity (Wildman–Crippen MR) is 112 cm³/mol. The summed E-state index contributed by atoms with van der Waals surface area (Å²) in [4.78, 5) is 8.23. The number of aliphatic imine (C=N–C) groups is 1. The van der Waals surface area contributed by atoms with E-state index in [-0.39, 0.29) is 36.3 Å². The van der Waals surface area contributed by atoms with Crippen molar-refractivity contribution < 1.29 is 13.2 Å². The molecule has 0 unspecified atom stereocenters. The van der Waals surface area contributed by atoms with Gasteiger partial charge in [0.1, 0.15) is 5.82 Å². The molecule has 1 aromatic heterocycles. The molecule has 2 rings (SSSR count). The summed E-state index contributed by atoms with van der Waals surface area (Å²) in [7, 11) is 0. The van der Waals surface area contributed by atoms with Gasteiger partial charge < -0.3 is 16.0 Å². The number of guanidine groups is 1. The molecule has 3 N–H and O–H groups in total. The second-order valence-electron chi connectivity index (χ2n) is 5.43. The first-order valence-electron chi connectivity index (χ1n) is 8.33. The number of aromatic nitrogens is 1. The molecule has 0 aliphatic carbocycles. The smallest absolute Gasteiger partial charge is 0.368 e. The molecule has 27 heavy (non-hydrogen) atoms. The number of alkyl halides is 3. The number of hydrogen-bond acceptors (Lipinski definition) is 3. The molecule has 0 bridgehead atoms. The first kappa shape index (κ1) is 23.0. The van der Waals surface area contributed by atoms with Crippen molar-refractivity contribution in [1.29, 1.82) is 0 Å². The highest BCUT2D eigenvalue weighted by molar-refractivity contribution is 14.0. The van der Waals surface area contributed by atoms with Crippen molar-refractivity contribution in [2.75, 3.05) is 25.0 Å². The fourth-order valence-electron chi connectivity index (χ4n) is 2.23. The van der Waals surface area contributed by atoms with Crippen LogP contribution < -0.4 is 16.0 Å². The molecule has 2 aromatic rings. The van der Waals surface area contributed by atoms with Gasteiger partial charge >= 0.3 is 6.18 Å². The van der Waals surface area contributed by atoms with Gasteiger partial charge in [-0.15, -0.1) is 24.0 Å². The Labute approximate surface area is 173 Å². The molecule has 1 aromatic carbocycles. The van der Waals surface area contributed by atoms with E-state index in [2.05, 4.69) is 25.9 Å². The topological polar surface area (TPSA) is 61.3 Å². The fourth-order valence-corrected chi connectivity index (χ4v) is 2.23. The lowest BCUT2D eigenvalue weighted by Crippen LogP contribution is -2.39. The van der Waals surface area contributed by atoms with Gasteiger partial charge in [0.15, 0.2) is 5.96 Å². The van der Waals surface area contributed by atoms with Gasteiger partial charge in [0.2, 0.25) is 0 Å². The summed E-state index contributed by atoms with van der Waals surface area (Å²) in [5.74, 6) is 0.434. The fraction of sp³-hybridized carbons (Fsp3) is 0.333. The normalized spacial score (nSPS) is 11.5. The van der Waals surface area contributed by atoms with Crippen molar-refractivity contribution >= 4 is 35.8 Å². The van der Waals surface area contributed by atoms with Crippen molar-refractivity contribution in [2.24, 2.45) is 4.99 Å². The maximum Gasteiger partial charge on any atom is 0.419 e. The van der Waals surface area contributed by atoms with E-state index in [1.807, 2.05) is 37.3 Å². The van der Waals surface area contributed by atoms with Gasteiger partial charge in [-0.3, -0.25) is 0 Å². The maximum absolute atomic E-state index is 12.9. The largest absolute Gasteiger partial charge is 0.419 e. The minimum atomic E-state index is -4.43. The minimum Gasteiger partial charge on any atom is -0.368 e. The highest BCUT2D eigenvalue weighted by Crippen LogP contribution is 2.33. The Balaban J connectivity index is 0.00000364. The SMILES string of the molecule is CCNC(=NCc1ccccc1)NCCNc1ncccc1C(F)(F)F.I. The third-order valence-corrected chi connectivity index (χ3v) is 3.43. The number of nitrogens with zero attached hydrogens (tertiary/aromatic N) is 2. The maximum atomic E-state index is 12.9. The van der Waals surface area contributed by atoms with Crippen LogP contribution in [0.4, 0.5) is 19.0 Å². The van der Waals surface area contributed by atoms with Crippen LogP contribution in [0.3, 0.4) is 0 Å². The lowest BCUT2D eigenvalue weighted by Gasteiger charge is -2.14. The molecule has 0 atom stereocenters. The van der Waals surface area contributed by atoms with Crippen molar-refractivity contribution in [3.8, 4) is 0 Å². The van der Waals surface area contributed by atoms with Gasteiger partial charge in [-0.1, -0.05) is 30.3 Å². The Kier molecular flexibility index (Phi) is 9.90. The third kappa shape index (κ3) is 8.02. The average Bonchev–Trinajstić information content (AvgIpc) is 2.63. The van der Waals surface area contributed by atoms with E-state index in [0.717, 1.165) is 11.6 Å². The Bertz CT molecular complexity index is 708. The number of rotatable bonds is 7. The van der Waals surface area contributed by atoms with E-state index >= 15 is 0 Å². The Hall–Kier alpha value is -2.04. The van der Waals surface area contributed by atoms with E-state index in [1.165, 1.54) is 12.3 Å². The number of halogens is 4. The third-order valence-electron chi connectivity index (χ3n) is 3.43. The van der Waals surface area contributed by atoms with E-state index in [0.29, 0.717) is 25.6 Å². The standard InChI is InChI=1S/C18H22F3N5.HI/c1-2-22-17(26-13-14-7-4-3-5-8-14)25-12-11-24-16-15(18(19,20)21)9-6-10-23-16;/h3-10H,2,11-13H2,1H3,(H,23,24)(H2,22,25,26);1H. The summed E-state index contributed by atoms with van der Waals surface area (Å²) in [5, 5.41) is 8.90. The van der Waals surface area contributed by atoms with Crippen LogP contribution in [0.2, 0.25) is 0 Å². The first-order chi connectivity index (χ1) is 12.5. The quantitative estimate of drug-likeness (QED) is 0.237. The van der Waals surface area contributed by atoms with Crippen LogP contribution in [-0.4, -0.2) is 30.6 Å². The summed E-state index contributed by atoms with van der Waals surface area (Å²) in [6.45, 7) is 3.82. The monoisotopic (exact) mass is 493 g/mol.